The molecule has 0 atom stereocenters. The fourth-order valence-corrected chi connectivity index (χ4v) is 3.59. The highest BCUT2D eigenvalue weighted by atomic mass is 16.5. The third-order valence-corrected chi connectivity index (χ3v) is 5.13. The molecule has 0 spiro atoms. The van der Waals surface area contributed by atoms with Crippen molar-refractivity contribution < 1.29 is 19.3 Å². The molecule has 0 unspecified atom stereocenters. The van der Waals surface area contributed by atoms with E-state index in [0.717, 1.165) is 56.3 Å². The molecule has 2 N–H and O–H groups in total. The minimum absolute atomic E-state index is 0.727. The van der Waals surface area contributed by atoms with E-state index in [1.165, 1.54) is 11.1 Å². The van der Waals surface area contributed by atoms with Crippen LogP contribution in [0.15, 0.2) is 42.5 Å². The highest BCUT2D eigenvalue weighted by Crippen LogP contribution is 2.23. The van der Waals surface area contributed by atoms with E-state index in [4.69, 9.17) is 14.7 Å². The van der Waals surface area contributed by atoms with Crippen molar-refractivity contribution in [1.29, 1.82) is 5.26 Å². The third kappa shape index (κ3) is 4.54. The van der Waals surface area contributed by atoms with Crippen LogP contribution in [0.1, 0.15) is 16.7 Å². The van der Waals surface area contributed by atoms with Crippen molar-refractivity contribution in [3.63, 3.8) is 0 Å². The lowest BCUT2D eigenvalue weighted by Gasteiger charge is -2.30. The summed E-state index contributed by atoms with van der Waals surface area (Å²) in [5, 5.41) is 8.90. The van der Waals surface area contributed by atoms with Gasteiger partial charge in [0.1, 0.15) is 50.8 Å². The molecule has 2 aromatic carbocycles. The molecule has 3 rings (SSSR count). The number of hydrogen-bond acceptors (Lipinski definition) is 3. The molecule has 1 aliphatic rings. The molecule has 0 aliphatic carbocycles. The normalized spacial score (nSPS) is 19.6. The van der Waals surface area contributed by atoms with E-state index in [1.807, 2.05) is 24.3 Å². The van der Waals surface area contributed by atoms with E-state index in [2.05, 4.69) is 24.3 Å². The summed E-state index contributed by atoms with van der Waals surface area (Å²) >= 11 is 0. The highest BCUT2D eigenvalue weighted by Gasteiger charge is 2.24. The molecule has 2 aromatic rings. The van der Waals surface area contributed by atoms with Gasteiger partial charge in [0.05, 0.1) is 31.4 Å². The molecule has 26 heavy (non-hydrogen) atoms. The van der Waals surface area contributed by atoms with Crippen LogP contribution in [0, 0.1) is 11.3 Å². The van der Waals surface area contributed by atoms with E-state index >= 15 is 0 Å². The molecule has 1 fully saturated rings. The van der Waals surface area contributed by atoms with E-state index < -0.39 is 0 Å². The first-order valence-electron chi connectivity index (χ1n) is 9.09. The molecule has 5 heteroatoms. The predicted molar refractivity (Wildman–Crippen MR) is 99.5 cm³/mol. The van der Waals surface area contributed by atoms with Crippen molar-refractivity contribution in [2.45, 2.75) is 13.1 Å². The third-order valence-electron chi connectivity index (χ3n) is 5.13. The lowest BCUT2D eigenvalue weighted by molar-refractivity contribution is -1.02. The second kappa shape index (κ2) is 8.70. The molecule has 136 valence electrons. The Balaban J connectivity index is 1.54. The zero-order valence-corrected chi connectivity index (χ0v) is 15.5. The zero-order valence-electron chi connectivity index (χ0n) is 15.5. The number of rotatable bonds is 6. The Morgan fingerprint density at radius 2 is 1.54 bits per heavy atom. The van der Waals surface area contributed by atoms with Crippen LogP contribution >= 0.6 is 0 Å². The summed E-state index contributed by atoms with van der Waals surface area (Å²) in [6, 6.07) is 16.2. The summed E-state index contributed by atoms with van der Waals surface area (Å²) in [6.07, 6.45) is 0. The fourth-order valence-electron chi connectivity index (χ4n) is 3.59. The summed E-state index contributed by atoms with van der Waals surface area (Å²) in [4.78, 5) is 3.19. The number of ether oxygens (including phenoxy) is 2. The number of hydrogen-bond donors (Lipinski definition) is 2. The lowest BCUT2D eigenvalue weighted by Crippen LogP contribution is -3.27. The van der Waals surface area contributed by atoms with Crippen molar-refractivity contribution in [1.82, 2.24) is 0 Å². The Kier molecular flexibility index (Phi) is 6.11. The van der Waals surface area contributed by atoms with Gasteiger partial charge in [-0.05, 0) is 30.3 Å². The average molecular weight is 353 g/mol. The summed E-state index contributed by atoms with van der Waals surface area (Å²) in [7, 11) is 3.42. The lowest BCUT2D eigenvalue weighted by atomic mass is 10.1. The van der Waals surface area contributed by atoms with Gasteiger partial charge < -0.3 is 19.3 Å². The molecule has 0 saturated carbocycles. The van der Waals surface area contributed by atoms with Crippen molar-refractivity contribution in [2.75, 3.05) is 40.4 Å². The van der Waals surface area contributed by atoms with Gasteiger partial charge in [-0.15, -0.1) is 0 Å². The molecule has 1 heterocycles. The maximum absolute atomic E-state index is 8.90. The number of methoxy groups -OCH3 is 2. The first-order chi connectivity index (χ1) is 12.7. The van der Waals surface area contributed by atoms with Crippen molar-refractivity contribution in [3.05, 3.63) is 59.2 Å². The van der Waals surface area contributed by atoms with E-state index in [-0.39, 0.29) is 0 Å². The first-order valence-corrected chi connectivity index (χ1v) is 9.09. The van der Waals surface area contributed by atoms with Gasteiger partial charge in [0.25, 0.3) is 0 Å². The van der Waals surface area contributed by atoms with Crippen LogP contribution < -0.4 is 19.3 Å². The SMILES string of the molecule is COc1ccc(OC)c(C[NH+]2CC[NH+](Cc3ccc(C#N)cc3)CC2)c1. The molecule has 0 aromatic heterocycles. The largest absolute Gasteiger partial charge is 0.497 e. The smallest absolute Gasteiger partial charge is 0.127 e. The maximum atomic E-state index is 8.90. The quantitative estimate of drug-likeness (QED) is 0.772. The molecule has 1 saturated heterocycles. The van der Waals surface area contributed by atoms with Crippen LogP contribution in [-0.2, 0) is 13.1 Å². The van der Waals surface area contributed by atoms with Crippen LogP contribution in [0.4, 0.5) is 0 Å². The second-order valence-corrected chi connectivity index (χ2v) is 6.84. The van der Waals surface area contributed by atoms with Gasteiger partial charge >= 0.3 is 0 Å². The molecule has 0 bridgehead atoms. The van der Waals surface area contributed by atoms with Crippen LogP contribution in [0.2, 0.25) is 0 Å². The van der Waals surface area contributed by atoms with Crippen LogP contribution in [0.5, 0.6) is 11.5 Å². The van der Waals surface area contributed by atoms with Crippen LogP contribution in [0.25, 0.3) is 0 Å². The Labute approximate surface area is 155 Å². The van der Waals surface area contributed by atoms with Crippen LogP contribution in [0.3, 0.4) is 0 Å². The zero-order chi connectivity index (χ0) is 18.4. The van der Waals surface area contributed by atoms with Gasteiger partial charge in [-0.3, -0.25) is 0 Å². The Hall–Kier alpha value is -2.55. The fraction of sp³-hybridized carbons (Fsp3) is 0.381. The number of benzene rings is 2. The Bertz CT molecular complexity index is 760. The van der Waals surface area contributed by atoms with E-state index in [0.29, 0.717) is 0 Å². The number of nitrogens with zero attached hydrogens (tertiary/aromatic N) is 1. The van der Waals surface area contributed by atoms with Crippen molar-refractivity contribution in [3.8, 4) is 17.6 Å². The van der Waals surface area contributed by atoms with Gasteiger partial charge in [0.2, 0.25) is 0 Å². The topological polar surface area (TPSA) is 51.1 Å². The van der Waals surface area contributed by atoms with Gasteiger partial charge in [0.15, 0.2) is 0 Å². The van der Waals surface area contributed by atoms with Crippen molar-refractivity contribution in [2.24, 2.45) is 0 Å². The monoisotopic (exact) mass is 353 g/mol. The predicted octanol–water partition coefficient (Wildman–Crippen LogP) is 0.0591. The molecular weight excluding hydrogens is 326 g/mol. The maximum Gasteiger partial charge on any atom is 0.127 e. The molecular formula is C21H27N3O2+2. The standard InChI is InChI=1S/C21H25N3O2/c1-25-20-7-8-21(26-2)19(13-20)16-24-11-9-23(10-12-24)15-18-5-3-17(14-22)4-6-18/h3-8,13H,9-12,15-16H2,1-2H3/p+2. The minimum atomic E-state index is 0.727. The molecule has 5 nitrogen and oxygen atoms in total. The number of piperazine rings is 1. The summed E-state index contributed by atoms with van der Waals surface area (Å²) in [5.74, 6) is 1.82. The molecule has 0 amide bonds. The van der Waals surface area contributed by atoms with E-state index in [1.54, 1.807) is 24.0 Å². The average Bonchev–Trinajstić information content (AvgIpc) is 2.70. The second-order valence-electron chi connectivity index (χ2n) is 6.84. The minimum Gasteiger partial charge on any atom is -0.497 e. The number of nitriles is 1. The number of nitrogens with one attached hydrogen (secondary N) is 2. The van der Waals surface area contributed by atoms with Gasteiger partial charge in [-0.1, -0.05) is 12.1 Å². The Morgan fingerprint density at radius 3 is 2.12 bits per heavy atom. The summed E-state index contributed by atoms with van der Waals surface area (Å²) in [6.45, 7) is 6.59. The van der Waals surface area contributed by atoms with Crippen molar-refractivity contribution >= 4 is 0 Å². The Morgan fingerprint density at radius 1 is 0.885 bits per heavy atom. The summed E-state index contributed by atoms with van der Waals surface area (Å²) in [5.41, 5.74) is 3.24. The van der Waals surface area contributed by atoms with Gasteiger partial charge in [0, 0.05) is 5.56 Å². The molecule has 0 radical (unpaired) electrons. The van der Waals surface area contributed by atoms with Crippen LogP contribution in [-0.4, -0.2) is 40.4 Å². The highest BCUT2D eigenvalue weighted by molar-refractivity contribution is 5.39. The van der Waals surface area contributed by atoms with Gasteiger partial charge in [-0.2, -0.15) is 5.26 Å². The van der Waals surface area contributed by atoms with E-state index in [9.17, 15) is 0 Å². The first kappa shape index (κ1) is 18.2. The van der Waals surface area contributed by atoms with Gasteiger partial charge in [-0.25, -0.2) is 0 Å². The number of quaternary nitrogens is 2. The molecule has 1 aliphatic heterocycles. The summed E-state index contributed by atoms with van der Waals surface area (Å²) < 4.78 is 10.9.